The molecule has 1 fully saturated rings. The lowest BCUT2D eigenvalue weighted by atomic mass is 9.96. The molecule has 0 spiro atoms. The zero-order valence-electron chi connectivity index (χ0n) is 15.1. The first kappa shape index (κ1) is 18.9. The van der Waals surface area contributed by atoms with Crippen molar-refractivity contribution in [3.8, 4) is 5.75 Å². The van der Waals surface area contributed by atoms with Gasteiger partial charge in [-0.3, -0.25) is 9.69 Å². The predicted molar refractivity (Wildman–Crippen MR) is 107 cm³/mol. The van der Waals surface area contributed by atoms with Gasteiger partial charge in [-0.2, -0.15) is 0 Å². The molecular weight excluding hydrogens is 392 g/mol. The maximum absolute atomic E-state index is 12.6. The minimum atomic E-state index is 0.0499. The number of para-hydroxylation sites is 1. The zero-order valence-corrected chi connectivity index (χ0v) is 16.7. The Balaban J connectivity index is 1.53. The fourth-order valence-electron chi connectivity index (χ4n) is 3.44. The Morgan fingerprint density at radius 1 is 1.23 bits per heavy atom. The van der Waals surface area contributed by atoms with E-state index in [-0.39, 0.29) is 11.8 Å². The number of benzene rings is 2. The number of carbonyl (C=O) groups is 1. The average molecular weight is 417 g/mol. The highest BCUT2D eigenvalue weighted by Crippen LogP contribution is 2.21. The van der Waals surface area contributed by atoms with Crippen LogP contribution in [0.2, 0.25) is 0 Å². The maximum Gasteiger partial charge on any atom is 0.224 e. The Morgan fingerprint density at radius 3 is 2.77 bits per heavy atom. The summed E-state index contributed by atoms with van der Waals surface area (Å²) in [6, 6.07) is 16.2. The highest BCUT2D eigenvalue weighted by atomic mass is 79.9. The second kappa shape index (κ2) is 9.19. The van der Waals surface area contributed by atoms with E-state index in [0.29, 0.717) is 6.54 Å². The molecule has 1 aliphatic rings. The molecule has 0 aromatic heterocycles. The van der Waals surface area contributed by atoms with E-state index in [1.807, 2.05) is 24.3 Å². The van der Waals surface area contributed by atoms with E-state index in [1.165, 1.54) is 5.56 Å². The molecule has 1 aliphatic heterocycles. The molecule has 2 aromatic rings. The van der Waals surface area contributed by atoms with Crippen LogP contribution >= 0.6 is 15.9 Å². The Bertz CT molecular complexity index is 733. The number of hydrogen-bond acceptors (Lipinski definition) is 3. The molecule has 1 saturated heterocycles. The second-order valence-electron chi connectivity index (χ2n) is 6.73. The number of likely N-dealkylation sites (tertiary alicyclic amines) is 1. The number of nitrogens with one attached hydrogen (secondary N) is 1. The molecule has 0 radical (unpaired) electrons. The van der Waals surface area contributed by atoms with Crippen molar-refractivity contribution in [3.05, 3.63) is 64.1 Å². The fraction of sp³-hybridized carbons (Fsp3) is 0.381. The van der Waals surface area contributed by atoms with Crippen molar-refractivity contribution in [2.45, 2.75) is 25.9 Å². The molecule has 1 unspecified atom stereocenters. The van der Waals surface area contributed by atoms with Gasteiger partial charge in [-0.05, 0) is 43.1 Å². The number of carbonyl (C=O) groups excluding carboxylic acids is 1. The van der Waals surface area contributed by atoms with Crippen LogP contribution in [0.5, 0.6) is 5.75 Å². The van der Waals surface area contributed by atoms with Gasteiger partial charge in [0.2, 0.25) is 5.91 Å². The summed E-state index contributed by atoms with van der Waals surface area (Å²) in [4.78, 5) is 15.0. The molecule has 1 amide bonds. The number of halogens is 1. The quantitative estimate of drug-likeness (QED) is 0.773. The molecule has 138 valence electrons. The normalized spacial score (nSPS) is 17.7. The van der Waals surface area contributed by atoms with Crippen LogP contribution in [-0.4, -0.2) is 31.0 Å². The van der Waals surface area contributed by atoms with Gasteiger partial charge in [0.1, 0.15) is 5.75 Å². The average Bonchev–Trinajstić information content (AvgIpc) is 2.68. The third-order valence-corrected chi connectivity index (χ3v) is 5.37. The number of hydrogen-bond donors (Lipinski definition) is 1. The summed E-state index contributed by atoms with van der Waals surface area (Å²) in [6.07, 6.45) is 2.01. The molecule has 4 nitrogen and oxygen atoms in total. The van der Waals surface area contributed by atoms with Crippen molar-refractivity contribution in [2.24, 2.45) is 5.92 Å². The molecule has 1 N–H and O–H groups in total. The summed E-state index contributed by atoms with van der Waals surface area (Å²) >= 11 is 3.47. The predicted octanol–water partition coefficient (Wildman–Crippen LogP) is 3.99. The highest BCUT2D eigenvalue weighted by molar-refractivity contribution is 9.10. The first-order valence-corrected chi connectivity index (χ1v) is 9.81. The smallest absolute Gasteiger partial charge is 0.224 e. The molecule has 0 saturated carbocycles. The maximum atomic E-state index is 12.6. The van der Waals surface area contributed by atoms with Gasteiger partial charge in [-0.15, -0.1) is 0 Å². The summed E-state index contributed by atoms with van der Waals surface area (Å²) in [5.41, 5.74) is 2.29. The van der Waals surface area contributed by atoms with Crippen molar-refractivity contribution in [1.29, 1.82) is 0 Å². The van der Waals surface area contributed by atoms with Gasteiger partial charge in [-0.1, -0.05) is 46.3 Å². The SMILES string of the molecule is COc1ccccc1CNC(=O)C1CCCN(Cc2ccc(Br)cc2)C1. The van der Waals surface area contributed by atoms with E-state index in [2.05, 4.69) is 50.4 Å². The van der Waals surface area contributed by atoms with Crippen LogP contribution < -0.4 is 10.1 Å². The number of ether oxygens (including phenoxy) is 1. The lowest BCUT2D eigenvalue weighted by Crippen LogP contribution is -2.42. The van der Waals surface area contributed by atoms with Crippen LogP contribution in [0.15, 0.2) is 53.0 Å². The van der Waals surface area contributed by atoms with E-state index in [1.54, 1.807) is 7.11 Å². The minimum Gasteiger partial charge on any atom is -0.496 e. The molecule has 0 aliphatic carbocycles. The Hall–Kier alpha value is -1.85. The summed E-state index contributed by atoms with van der Waals surface area (Å²) in [6.45, 7) is 3.26. The van der Waals surface area contributed by atoms with Gasteiger partial charge < -0.3 is 10.1 Å². The third-order valence-electron chi connectivity index (χ3n) is 4.84. The van der Waals surface area contributed by atoms with E-state index in [4.69, 9.17) is 4.74 Å². The van der Waals surface area contributed by atoms with E-state index in [9.17, 15) is 4.79 Å². The number of methoxy groups -OCH3 is 1. The first-order chi connectivity index (χ1) is 12.7. The zero-order chi connectivity index (χ0) is 18.4. The van der Waals surface area contributed by atoms with E-state index >= 15 is 0 Å². The van der Waals surface area contributed by atoms with Crippen molar-refractivity contribution in [2.75, 3.05) is 20.2 Å². The van der Waals surface area contributed by atoms with Gasteiger partial charge in [0, 0.05) is 29.7 Å². The summed E-state index contributed by atoms with van der Waals surface area (Å²) in [5.74, 6) is 0.999. The van der Waals surface area contributed by atoms with Crippen LogP contribution in [0, 0.1) is 5.92 Å². The largest absolute Gasteiger partial charge is 0.496 e. The highest BCUT2D eigenvalue weighted by Gasteiger charge is 2.25. The third kappa shape index (κ3) is 5.08. The first-order valence-electron chi connectivity index (χ1n) is 9.02. The van der Waals surface area contributed by atoms with Crippen molar-refractivity contribution < 1.29 is 9.53 Å². The van der Waals surface area contributed by atoms with Crippen LogP contribution in [-0.2, 0) is 17.9 Å². The molecule has 3 rings (SSSR count). The standard InChI is InChI=1S/C21H25BrN2O2/c1-26-20-7-3-2-5-17(20)13-23-21(25)18-6-4-12-24(15-18)14-16-8-10-19(22)11-9-16/h2-3,5,7-11,18H,4,6,12-15H2,1H3,(H,23,25). The minimum absolute atomic E-state index is 0.0499. The number of piperidine rings is 1. The molecule has 5 heteroatoms. The van der Waals surface area contributed by atoms with Gasteiger partial charge in [0.25, 0.3) is 0 Å². The van der Waals surface area contributed by atoms with E-state index < -0.39 is 0 Å². The molecule has 0 bridgehead atoms. The lowest BCUT2D eigenvalue weighted by Gasteiger charge is -2.32. The van der Waals surface area contributed by atoms with Crippen molar-refractivity contribution >= 4 is 21.8 Å². The van der Waals surface area contributed by atoms with Crippen LogP contribution in [0.25, 0.3) is 0 Å². The Morgan fingerprint density at radius 2 is 2.00 bits per heavy atom. The summed E-state index contributed by atoms with van der Waals surface area (Å²) < 4.78 is 6.44. The second-order valence-corrected chi connectivity index (χ2v) is 7.65. The lowest BCUT2D eigenvalue weighted by molar-refractivity contribution is -0.126. The fourth-order valence-corrected chi connectivity index (χ4v) is 3.70. The number of amides is 1. The number of rotatable bonds is 6. The van der Waals surface area contributed by atoms with Crippen molar-refractivity contribution in [3.63, 3.8) is 0 Å². The van der Waals surface area contributed by atoms with Crippen LogP contribution in [0.4, 0.5) is 0 Å². The molecular formula is C21H25BrN2O2. The van der Waals surface area contributed by atoms with E-state index in [0.717, 1.165) is 48.3 Å². The van der Waals surface area contributed by atoms with Gasteiger partial charge >= 0.3 is 0 Å². The Kier molecular flexibility index (Phi) is 6.69. The Labute approximate surface area is 163 Å². The molecule has 2 aromatic carbocycles. The van der Waals surface area contributed by atoms with Gasteiger partial charge in [0.05, 0.1) is 13.0 Å². The number of nitrogens with zero attached hydrogens (tertiary/aromatic N) is 1. The summed E-state index contributed by atoms with van der Waals surface area (Å²) in [7, 11) is 1.65. The van der Waals surface area contributed by atoms with Gasteiger partial charge in [0.15, 0.2) is 0 Å². The van der Waals surface area contributed by atoms with Crippen LogP contribution in [0.1, 0.15) is 24.0 Å². The van der Waals surface area contributed by atoms with Gasteiger partial charge in [-0.25, -0.2) is 0 Å². The molecule has 1 atom stereocenters. The topological polar surface area (TPSA) is 41.6 Å². The molecule has 1 heterocycles. The van der Waals surface area contributed by atoms with Crippen molar-refractivity contribution in [1.82, 2.24) is 10.2 Å². The van der Waals surface area contributed by atoms with Crippen LogP contribution in [0.3, 0.4) is 0 Å². The summed E-state index contributed by atoms with van der Waals surface area (Å²) in [5, 5.41) is 3.08. The monoisotopic (exact) mass is 416 g/mol. The molecule has 26 heavy (non-hydrogen) atoms.